The van der Waals surface area contributed by atoms with E-state index in [1.165, 1.54) is 77.0 Å². The van der Waals surface area contributed by atoms with Crippen LogP contribution in [-0.2, 0) is 19.1 Å². The van der Waals surface area contributed by atoms with Crippen LogP contribution < -0.4 is 0 Å². The first kappa shape index (κ1) is 32.9. The number of carbonyl (C=O) groups is 2. The summed E-state index contributed by atoms with van der Waals surface area (Å²) in [5.74, 6) is -0.688. The molecule has 0 aliphatic heterocycles. The Labute approximate surface area is 211 Å². The second-order valence-electron chi connectivity index (χ2n) is 10.7. The molecule has 0 bridgehead atoms. The fourth-order valence-corrected chi connectivity index (χ4v) is 3.95. The second-order valence-corrected chi connectivity index (χ2v) is 10.7. The van der Waals surface area contributed by atoms with Gasteiger partial charge in [-0.05, 0) is 47.3 Å². The maximum absolute atomic E-state index is 12.4. The highest BCUT2D eigenvalue weighted by Crippen LogP contribution is 2.17. The normalized spacial score (nSPS) is 15.1. The van der Waals surface area contributed by atoms with Crippen molar-refractivity contribution in [3.8, 4) is 0 Å². The molecule has 0 amide bonds. The monoisotopic (exact) mass is 483 g/mol. The van der Waals surface area contributed by atoms with Crippen molar-refractivity contribution in [2.45, 2.75) is 143 Å². The summed E-state index contributed by atoms with van der Waals surface area (Å²) in [6.45, 7) is 10.5. The molecular formula is C29H57NO4. The van der Waals surface area contributed by atoms with Crippen molar-refractivity contribution >= 4 is 11.9 Å². The van der Waals surface area contributed by atoms with E-state index in [2.05, 4.69) is 11.8 Å². The molecule has 34 heavy (non-hydrogen) atoms. The van der Waals surface area contributed by atoms with Crippen LogP contribution in [0.25, 0.3) is 0 Å². The smallest absolute Gasteiger partial charge is 0.309 e. The first-order valence-corrected chi connectivity index (χ1v) is 14.2. The van der Waals surface area contributed by atoms with Gasteiger partial charge in [0.05, 0.1) is 11.8 Å². The summed E-state index contributed by atoms with van der Waals surface area (Å²) in [5, 5.41) is 0. The number of hydrogen-bond donors (Lipinski definition) is 0. The molecule has 0 aliphatic carbocycles. The van der Waals surface area contributed by atoms with E-state index in [1.807, 2.05) is 27.9 Å². The van der Waals surface area contributed by atoms with E-state index in [4.69, 9.17) is 9.47 Å². The number of carbonyl (C=O) groups excluding carboxylic acids is 2. The first-order valence-electron chi connectivity index (χ1n) is 14.2. The van der Waals surface area contributed by atoms with Gasteiger partial charge >= 0.3 is 11.9 Å². The molecule has 0 heterocycles. The van der Waals surface area contributed by atoms with Crippen molar-refractivity contribution in [3.63, 3.8) is 0 Å². The van der Waals surface area contributed by atoms with Gasteiger partial charge < -0.3 is 14.4 Å². The molecule has 5 heteroatoms. The van der Waals surface area contributed by atoms with E-state index >= 15 is 0 Å². The average Bonchev–Trinajstić information content (AvgIpc) is 2.79. The van der Waals surface area contributed by atoms with Gasteiger partial charge in [-0.3, -0.25) is 9.59 Å². The SMILES string of the molecule is CCCCCCCCCCCCCCCC(C)C(=O)OC(C)C(C)OC(=O)C(C)CCN(C)C. The molecule has 0 radical (unpaired) electrons. The van der Waals surface area contributed by atoms with E-state index in [0.717, 1.165) is 25.8 Å². The Morgan fingerprint density at radius 2 is 0.941 bits per heavy atom. The summed E-state index contributed by atoms with van der Waals surface area (Å²) in [5.41, 5.74) is 0. The van der Waals surface area contributed by atoms with Crippen molar-refractivity contribution in [2.75, 3.05) is 20.6 Å². The molecule has 0 rings (SSSR count). The lowest BCUT2D eigenvalue weighted by atomic mass is 10.0. The van der Waals surface area contributed by atoms with Gasteiger partial charge in [0.15, 0.2) is 0 Å². The maximum Gasteiger partial charge on any atom is 0.309 e. The van der Waals surface area contributed by atoms with Crippen LogP contribution >= 0.6 is 0 Å². The van der Waals surface area contributed by atoms with Crippen molar-refractivity contribution in [1.29, 1.82) is 0 Å². The van der Waals surface area contributed by atoms with Gasteiger partial charge in [0.1, 0.15) is 12.2 Å². The molecule has 4 unspecified atom stereocenters. The van der Waals surface area contributed by atoms with Gasteiger partial charge in [0.2, 0.25) is 0 Å². The zero-order chi connectivity index (χ0) is 25.8. The standard InChI is InChI=1S/C29H57NO4/c1-8-9-10-11-12-13-14-15-16-17-18-19-20-21-24(2)28(31)33-26(4)27(5)34-29(32)25(3)22-23-30(6)7/h24-27H,8-23H2,1-7H3. The molecule has 0 N–H and O–H groups in total. The van der Waals surface area contributed by atoms with Crippen molar-refractivity contribution in [1.82, 2.24) is 4.90 Å². The molecule has 5 nitrogen and oxygen atoms in total. The Hall–Kier alpha value is -1.10. The predicted molar refractivity (Wildman–Crippen MR) is 143 cm³/mol. The Morgan fingerprint density at radius 1 is 0.588 bits per heavy atom. The molecule has 0 fully saturated rings. The molecular weight excluding hydrogens is 426 g/mol. The number of esters is 2. The molecule has 0 saturated carbocycles. The number of nitrogens with zero attached hydrogens (tertiary/aromatic N) is 1. The largest absolute Gasteiger partial charge is 0.459 e. The highest BCUT2D eigenvalue weighted by molar-refractivity contribution is 5.73. The topological polar surface area (TPSA) is 55.8 Å². The van der Waals surface area contributed by atoms with E-state index in [1.54, 1.807) is 13.8 Å². The van der Waals surface area contributed by atoms with Gasteiger partial charge in [0.25, 0.3) is 0 Å². The van der Waals surface area contributed by atoms with Crippen molar-refractivity contribution in [3.05, 3.63) is 0 Å². The number of unbranched alkanes of at least 4 members (excludes halogenated alkanes) is 12. The average molecular weight is 484 g/mol. The van der Waals surface area contributed by atoms with Crippen LogP contribution in [0.4, 0.5) is 0 Å². The van der Waals surface area contributed by atoms with Crippen LogP contribution in [0.3, 0.4) is 0 Å². The molecule has 0 aromatic heterocycles. The number of hydrogen-bond acceptors (Lipinski definition) is 5. The third-order valence-corrected chi connectivity index (χ3v) is 6.82. The van der Waals surface area contributed by atoms with Crippen LogP contribution in [0.5, 0.6) is 0 Å². The Balaban J connectivity index is 3.82. The van der Waals surface area contributed by atoms with Gasteiger partial charge in [-0.1, -0.05) is 104 Å². The lowest BCUT2D eigenvalue weighted by Crippen LogP contribution is -2.34. The van der Waals surface area contributed by atoms with Gasteiger partial charge in [-0.2, -0.15) is 0 Å². The predicted octanol–water partition coefficient (Wildman–Crippen LogP) is 7.56. The zero-order valence-electron chi connectivity index (χ0n) is 23.7. The Morgan fingerprint density at radius 3 is 1.32 bits per heavy atom. The zero-order valence-corrected chi connectivity index (χ0v) is 23.7. The van der Waals surface area contributed by atoms with Crippen molar-refractivity contribution < 1.29 is 19.1 Å². The lowest BCUT2D eigenvalue weighted by molar-refractivity contribution is -0.170. The van der Waals surface area contributed by atoms with E-state index in [0.29, 0.717) is 0 Å². The molecule has 4 atom stereocenters. The molecule has 0 aromatic carbocycles. The minimum Gasteiger partial charge on any atom is -0.459 e. The van der Waals surface area contributed by atoms with Crippen LogP contribution in [0.2, 0.25) is 0 Å². The van der Waals surface area contributed by atoms with Gasteiger partial charge in [-0.15, -0.1) is 0 Å². The van der Waals surface area contributed by atoms with E-state index < -0.39 is 12.2 Å². The first-order chi connectivity index (χ1) is 16.2. The van der Waals surface area contributed by atoms with Crippen molar-refractivity contribution in [2.24, 2.45) is 11.8 Å². The lowest BCUT2D eigenvalue weighted by Gasteiger charge is -2.24. The van der Waals surface area contributed by atoms with E-state index in [9.17, 15) is 9.59 Å². The Kier molecular flexibility index (Phi) is 20.5. The van der Waals surface area contributed by atoms with Crippen LogP contribution in [-0.4, -0.2) is 49.7 Å². The highest BCUT2D eigenvalue weighted by atomic mass is 16.6. The van der Waals surface area contributed by atoms with Gasteiger partial charge in [0, 0.05) is 0 Å². The summed E-state index contributed by atoms with van der Waals surface area (Å²) < 4.78 is 11.1. The minimum absolute atomic E-state index is 0.114. The minimum atomic E-state index is -0.443. The summed E-state index contributed by atoms with van der Waals surface area (Å²) in [6.07, 6.45) is 18.0. The number of ether oxygens (including phenoxy) is 2. The molecule has 0 saturated heterocycles. The third-order valence-electron chi connectivity index (χ3n) is 6.82. The third kappa shape index (κ3) is 18.3. The second kappa shape index (κ2) is 21.2. The van der Waals surface area contributed by atoms with Crippen LogP contribution in [0, 0.1) is 11.8 Å². The maximum atomic E-state index is 12.4. The molecule has 0 spiro atoms. The van der Waals surface area contributed by atoms with E-state index in [-0.39, 0.29) is 23.8 Å². The molecule has 202 valence electrons. The highest BCUT2D eigenvalue weighted by Gasteiger charge is 2.25. The Bertz CT molecular complexity index is 508. The summed E-state index contributed by atoms with van der Waals surface area (Å²) in [4.78, 5) is 26.7. The summed E-state index contributed by atoms with van der Waals surface area (Å²) in [6, 6.07) is 0. The number of rotatable bonds is 22. The van der Waals surface area contributed by atoms with Gasteiger partial charge in [-0.25, -0.2) is 0 Å². The van der Waals surface area contributed by atoms with Crippen LogP contribution in [0.15, 0.2) is 0 Å². The molecule has 0 aromatic rings. The van der Waals surface area contributed by atoms with Crippen LogP contribution in [0.1, 0.15) is 131 Å². The fourth-order valence-electron chi connectivity index (χ4n) is 3.95. The fraction of sp³-hybridized carbons (Fsp3) is 0.931. The summed E-state index contributed by atoms with van der Waals surface area (Å²) >= 11 is 0. The quantitative estimate of drug-likeness (QED) is 0.117. The summed E-state index contributed by atoms with van der Waals surface area (Å²) in [7, 11) is 3.98. The molecule has 0 aliphatic rings.